The first-order chi connectivity index (χ1) is 10.8. The van der Waals surface area contributed by atoms with E-state index in [9.17, 15) is 18.0 Å². The molecule has 3 rings (SSSR count). The molecule has 2 N–H and O–H groups in total. The van der Waals surface area contributed by atoms with E-state index in [-0.39, 0.29) is 16.3 Å². The van der Waals surface area contributed by atoms with E-state index in [0.717, 1.165) is 4.52 Å². The van der Waals surface area contributed by atoms with Gasteiger partial charge in [0.25, 0.3) is 5.82 Å². The molecule has 0 saturated carbocycles. The summed E-state index contributed by atoms with van der Waals surface area (Å²) in [5, 5.41) is 12.9. The summed E-state index contributed by atoms with van der Waals surface area (Å²) in [6, 6.07) is 4.22. The second kappa shape index (κ2) is 5.16. The summed E-state index contributed by atoms with van der Waals surface area (Å²) in [5.74, 6) is -1.92. The first-order valence-electron chi connectivity index (χ1n) is 6.72. The molecule has 10 heteroatoms. The number of fused-ring (bicyclic) bond motifs is 3. The fourth-order valence-electron chi connectivity index (χ4n) is 2.28. The number of benzene rings is 1. The molecule has 0 unspecified atom stereocenters. The summed E-state index contributed by atoms with van der Waals surface area (Å²) in [5.41, 5.74) is -0.311. The highest BCUT2D eigenvalue weighted by Gasteiger charge is 2.18. The normalized spacial score (nSPS) is 12.0. The lowest BCUT2D eigenvalue weighted by atomic mass is 10.2. The van der Waals surface area contributed by atoms with Crippen molar-refractivity contribution in [2.75, 3.05) is 5.75 Å². The minimum Gasteiger partial charge on any atom is -0.475 e. The van der Waals surface area contributed by atoms with Crippen molar-refractivity contribution in [3.05, 3.63) is 34.5 Å². The van der Waals surface area contributed by atoms with E-state index in [1.54, 1.807) is 6.92 Å². The standard InChI is InChI=1S/C13H12N4O5S/c1-2-5-23(21,22)7-3-4-9-8(6-7)11-15-10(12(18)19)16-17(11)13(20)14-9/h3-4,6H,2,5H2,1H3,(H,14,20)(H,18,19). The SMILES string of the molecule is CCCS(=O)(=O)c1ccc2[nH]c(=O)n3nc(C(=O)O)nc3c2c1. The molecule has 0 aliphatic heterocycles. The molecule has 0 amide bonds. The van der Waals surface area contributed by atoms with Gasteiger partial charge < -0.3 is 10.1 Å². The second-order valence-electron chi connectivity index (χ2n) is 4.93. The van der Waals surface area contributed by atoms with Gasteiger partial charge in [0.05, 0.1) is 16.2 Å². The van der Waals surface area contributed by atoms with Crippen LogP contribution in [0.25, 0.3) is 16.6 Å². The van der Waals surface area contributed by atoms with E-state index < -0.39 is 27.3 Å². The van der Waals surface area contributed by atoms with Crippen LogP contribution in [0.3, 0.4) is 0 Å². The molecule has 0 saturated heterocycles. The van der Waals surface area contributed by atoms with Gasteiger partial charge in [-0.1, -0.05) is 6.92 Å². The predicted octanol–water partition coefficient (Wildman–Crippen LogP) is 0.453. The van der Waals surface area contributed by atoms with Gasteiger partial charge in [-0.25, -0.2) is 23.0 Å². The van der Waals surface area contributed by atoms with Gasteiger partial charge in [0.1, 0.15) is 0 Å². The summed E-state index contributed by atoms with van der Waals surface area (Å²) >= 11 is 0. The fourth-order valence-corrected chi connectivity index (χ4v) is 3.63. The summed E-state index contributed by atoms with van der Waals surface area (Å²) in [6.07, 6.45) is 0.468. The highest BCUT2D eigenvalue weighted by molar-refractivity contribution is 7.91. The molecular formula is C13H12N4O5S. The van der Waals surface area contributed by atoms with Crippen molar-refractivity contribution in [1.82, 2.24) is 19.6 Å². The third kappa shape index (κ3) is 2.46. The van der Waals surface area contributed by atoms with Gasteiger partial charge in [-0.15, -0.1) is 5.10 Å². The van der Waals surface area contributed by atoms with Crippen molar-refractivity contribution < 1.29 is 18.3 Å². The van der Waals surface area contributed by atoms with Crippen molar-refractivity contribution in [2.45, 2.75) is 18.2 Å². The zero-order valence-electron chi connectivity index (χ0n) is 12.0. The van der Waals surface area contributed by atoms with Crippen molar-refractivity contribution in [2.24, 2.45) is 0 Å². The monoisotopic (exact) mass is 336 g/mol. The van der Waals surface area contributed by atoms with E-state index in [4.69, 9.17) is 5.11 Å². The van der Waals surface area contributed by atoms with Crippen LogP contribution in [0, 0.1) is 0 Å². The average Bonchev–Trinajstić information content (AvgIpc) is 2.93. The Bertz CT molecular complexity index is 1100. The van der Waals surface area contributed by atoms with Gasteiger partial charge in [-0.2, -0.15) is 4.52 Å². The Balaban J connectivity index is 2.37. The van der Waals surface area contributed by atoms with Gasteiger partial charge >= 0.3 is 11.7 Å². The van der Waals surface area contributed by atoms with Gasteiger partial charge in [-0.05, 0) is 24.6 Å². The van der Waals surface area contributed by atoms with Crippen LogP contribution in [0.2, 0.25) is 0 Å². The van der Waals surface area contributed by atoms with Crippen LogP contribution < -0.4 is 5.69 Å². The quantitative estimate of drug-likeness (QED) is 0.706. The lowest BCUT2D eigenvalue weighted by Crippen LogP contribution is -2.18. The maximum absolute atomic E-state index is 12.2. The van der Waals surface area contributed by atoms with Crippen LogP contribution in [-0.4, -0.2) is 44.8 Å². The molecule has 0 bridgehead atoms. The van der Waals surface area contributed by atoms with Crippen molar-refractivity contribution in [3.63, 3.8) is 0 Å². The smallest absolute Gasteiger partial charge is 0.375 e. The number of carbonyl (C=O) groups is 1. The van der Waals surface area contributed by atoms with E-state index in [1.807, 2.05) is 0 Å². The maximum atomic E-state index is 12.2. The van der Waals surface area contributed by atoms with Crippen molar-refractivity contribution >= 4 is 32.4 Å². The average molecular weight is 336 g/mol. The number of aromatic carboxylic acids is 1. The van der Waals surface area contributed by atoms with Crippen LogP contribution in [0.4, 0.5) is 0 Å². The minimum absolute atomic E-state index is 0.00491. The molecule has 2 aromatic heterocycles. The number of nitrogens with one attached hydrogen (secondary N) is 1. The van der Waals surface area contributed by atoms with Crippen LogP contribution in [0.5, 0.6) is 0 Å². The highest BCUT2D eigenvalue weighted by atomic mass is 32.2. The Labute approximate surface area is 129 Å². The molecule has 120 valence electrons. The lowest BCUT2D eigenvalue weighted by Gasteiger charge is -2.05. The zero-order chi connectivity index (χ0) is 16.8. The molecule has 0 spiro atoms. The molecule has 23 heavy (non-hydrogen) atoms. The van der Waals surface area contributed by atoms with Crippen molar-refractivity contribution in [1.29, 1.82) is 0 Å². The topological polar surface area (TPSA) is 134 Å². The summed E-state index contributed by atoms with van der Waals surface area (Å²) in [4.78, 5) is 29.3. The highest BCUT2D eigenvalue weighted by Crippen LogP contribution is 2.21. The third-order valence-corrected chi connectivity index (χ3v) is 5.21. The molecule has 2 heterocycles. The first kappa shape index (κ1) is 15.2. The van der Waals surface area contributed by atoms with E-state index >= 15 is 0 Å². The molecular weight excluding hydrogens is 324 g/mol. The van der Waals surface area contributed by atoms with Gasteiger partial charge in [-0.3, -0.25) is 0 Å². The van der Waals surface area contributed by atoms with E-state index in [0.29, 0.717) is 17.3 Å². The van der Waals surface area contributed by atoms with Crippen LogP contribution >= 0.6 is 0 Å². The predicted molar refractivity (Wildman–Crippen MR) is 80.4 cm³/mol. The Morgan fingerprint density at radius 1 is 1.39 bits per heavy atom. The van der Waals surface area contributed by atoms with Crippen LogP contribution in [0.1, 0.15) is 24.0 Å². The molecule has 0 fully saturated rings. The number of aromatic nitrogens is 4. The minimum atomic E-state index is -3.46. The number of H-pyrrole nitrogens is 1. The number of nitrogens with zero attached hydrogens (tertiary/aromatic N) is 3. The molecule has 0 aliphatic carbocycles. The number of hydrogen-bond acceptors (Lipinski definition) is 6. The number of carboxylic acids is 1. The number of carboxylic acid groups (broad SMARTS) is 1. The van der Waals surface area contributed by atoms with Gasteiger partial charge in [0.15, 0.2) is 15.5 Å². The van der Waals surface area contributed by atoms with Crippen molar-refractivity contribution in [3.8, 4) is 0 Å². The molecule has 3 aromatic rings. The number of hydrogen-bond donors (Lipinski definition) is 2. The number of aromatic amines is 1. The largest absolute Gasteiger partial charge is 0.475 e. The molecule has 0 atom stereocenters. The molecule has 1 aromatic carbocycles. The van der Waals surface area contributed by atoms with Crippen LogP contribution in [0.15, 0.2) is 27.9 Å². The molecule has 9 nitrogen and oxygen atoms in total. The Morgan fingerprint density at radius 3 is 2.78 bits per heavy atom. The number of rotatable bonds is 4. The number of sulfone groups is 1. The summed E-state index contributed by atoms with van der Waals surface area (Å²) < 4.78 is 25.2. The Morgan fingerprint density at radius 2 is 2.13 bits per heavy atom. The molecule has 0 radical (unpaired) electrons. The zero-order valence-corrected chi connectivity index (χ0v) is 12.8. The fraction of sp³-hybridized carbons (Fsp3) is 0.231. The third-order valence-electron chi connectivity index (χ3n) is 3.30. The van der Waals surface area contributed by atoms with Gasteiger partial charge in [0, 0.05) is 5.39 Å². The second-order valence-corrected chi connectivity index (χ2v) is 7.04. The van der Waals surface area contributed by atoms with Crippen LogP contribution in [-0.2, 0) is 9.84 Å². The maximum Gasteiger partial charge on any atom is 0.375 e. The lowest BCUT2D eigenvalue weighted by molar-refractivity contribution is 0.0684. The van der Waals surface area contributed by atoms with E-state index in [2.05, 4.69) is 15.1 Å². The van der Waals surface area contributed by atoms with E-state index in [1.165, 1.54) is 18.2 Å². The molecule has 0 aliphatic rings. The Kier molecular flexibility index (Phi) is 3.40. The summed E-state index contributed by atoms with van der Waals surface area (Å²) in [7, 11) is -3.46. The van der Waals surface area contributed by atoms with Gasteiger partial charge in [0.2, 0.25) is 0 Å². The first-order valence-corrected chi connectivity index (χ1v) is 8.37. The Hall–Kier alpha value is -2.75. The summed E-state index contributed by atoms with van der Waals surface area (Å²) in [6.45, 7) is 1.76.